The van der Waals surface area contributed by atoms with Crippen molar-refractivity contribution in [2.24, 2.45) is 17.8 Å². The SMILES string of the molecule is Cc1cc(F)cc(C)c1C(Br)C1C2CCCCC21. The Kier molecular flexibility index (Phi) is 3.25. The monoisotopic (exact) mass is 310 g/mol. The number of rotatable bonds is 2. The van der Waals surface area contributed by atoms with Crippen LogP contribution in [0.4, 0.5) is 4.39 Å². The Morgan fingerprint density at radius 2 is 1.61 bits per heavy atom. The summed E-state index contributed by atoms with van der Waals surface area (Å²) in [4.78, 5) is 0.422. The van der Waals surface area contributed by atoms with Gasteiger partial charge in [-0.05, 0) is 73.3 Å². The molecular weight excluding hydrogens is 291 g/mol. The Balaban J connectivity index is 1.87. The van der Waals surface area contributed by atoms with E-state index in [1.807, 2.05) is 13.8 Å². The molecular formula is C16H20BrF. The minimum atomic E-state index is -0.110. The number of fused-ring (bicyclic) bond motifs is 1. The highest BCUT2D eigenvalue weighted by atomic mass is 79.9. The van der Waals surface area contributed by atoms with E-state index in [4.69, 9.17) is 0 Å². The van der Waals surface area contributed by atoms with Crippen LogP contribution in [-0.4, -0.2) is 0 Å². The van der Waals surface area contributed by atoms with E-state index in [0.717, 1.165) is 28.9 Å². The first-order chi connectivity index (χ1) is 8.59. The summed E-state index contributed by atoms with van der Waals surface area (Å²) in [5, 5.41) is 0. The van der Waals surface area contributed by atoms with Crippen molar-refractivity contribution in [1.29, 1.82) is 0 Å². The molecule has 1 aromatic carbocycles. The van der Waals surface area contributed by atoms with Crippen LogP contribution in [0.5, 0.6) is 0 Å². The Bertz CT molecular complexity index is 433. The van der Waals surface area contributed by atoms with E-state index in [2.05, 4.69) is 15.9 Å². The smallest absolute Gasteiger partial charge is 0.123 e. The predicted octanol–water partition coefficient (Wildman–Crippen LogP) is 5.31. The number of alkyl halides is 1. The molecule has 98 valence electrons. The van der Waals surface area contributed by atoms with Crippen molar-refractivity contribution in [3.8, 4) is 0 Å². The average Bonchev–Trinajstić information content (AvgIpc) is 3.01. The van der Waals surface area contributed by atoms with Gasteiger partial charge in [-0.3, -0.25) is 0 Å². The van der Waals surface area contributed by atoms with E-state index in [-0.39, 0.29) is 5.82 Å². The molecule has 0 saturated heterocycles. The lowest BCUT2D eigenvalue weighted by Crippen LogP contribution is -2.02. The maximum absolute atomic E-state index is 13.4. The normalized spacial score (nSPS) is 31.9. The van der Waals surface area contributed by atoms with Gasteiger partial charge in [0.2, 0.25) is 0 Å². The molecule has 0 N–H and O–H groups in total. The van der Waals surface area contributed by atoms with Crippen molar-refractivity contribution >= 4 is 15.9 Å². The van der Waals surface area contributed by atoms with Gasteiger partial charge in [0.15, 0.2) is 0 Å². The minimum absolute atomic E-state index is 0.110. The third kappa shape index (κ3) is 2.03. The molecule has 3 atom stereocenters. The molecule has 2 aliphatic rings. The lowest BCUT2D eigenvalue weighted by Gasteiger charge is -2.16. The summed E-state index contributed by atoms with van der Waals surface area (Å²) in [6, 6.07) is 3.34. The summed E-state index contributed by atoms with van der Waals surface area (Å²) >= 11 is 3.91. The molecule has 0 spiro atoms. The molecule has 3 unspecified atom stereocenters. The minimum Gasteiger partial charge on any atom is -0.207 e. The Morgan fingerprint density at radius 3 is 2.11 bits per heavy atom. The van der Waals surface area contributed by atoms with Gasteiger partial charge in [-0.2, -0.15) is 0 Å². The van der Waals surface area contributed by atoms with Crippen LogP contribution in [0.25, 0.3) is 0 Å². The topological polar surface area (TPSA) is 0 Å². The van der Waals surface area contributed by atoms with Gasteiger partial charge in [0.05, 0.1) is 0 Å². The molecule has 0 amide bonds. The molecule has 0 bridgehead atoms. The highest BCUT2D eigenvalue weighted by molar-refractivity contribution is 9.09. The number of halogens is 2. The number of hydrogen-bond acceptors (Lipinski definition) is 0. The summed E-state index contributed by atoms with van der Waals surface area (Å²) in [5.74, 6) is 2.52. The highest BCUT2D eigenvalue weighted by Crippen LogP contribution is 2.63. The zero-order valence-corrected chi connectivity index (χ0v) is 12.6. The zero-order valence-electron chi connectivity index (χ0n) is 11.0. The largest absolute Gasteiger partial charge is 0.207 e. The van der Waals surface area contributed by atoms with Crippen molar-refractivity contribution in [3.63, 3.8) is 0 Å². The third-order valence-electron chi connectivity index (χ3n) is 4.89. The van der Waals surface area contributed by atoms with Crippen LogP contribution in [0.15, 0.2) is 12.1 Å². The maximum Gasteiger partial charge on any atom is 0.123 e. The van der Waals surface area contributed by atoms with E-state index >= 15 is 0 Å². The van der Waals surface area contributed by atoms with Gasteiger partial charge < -0.3 is 0 Å². The molecule has 2 heteroatoms. The number of aryl methyl sites for hydroxylation is 2. The van der Waals surface area contributed by atoms with Gasteiger partial charge in [0.1, 0.15) is 5.82 Å². The van der Waals surface area contributed by atoms with Crippen LogP contribution in [0.2, 0.25) is 0 Å². The van der Waals surface area contributed by atoms with Gasteiger partial charge in [-0.15, -0.1) is 0 Å². The lowest BCUT2D eigenvalue weighted by atomic mass is 9.96. The van der Waals surface area contributed by atoms with Crippen LogP contribution in [-0.2, 0) is 0 Å². The Hall–Kier alpha value is -0.370. The molecule has 0 aromatic heterocycles. The lowest BCUT2D eigenvalue weighted by molar-refractivity contribution is 0.480. The first-order valence-corrected chi connectivity index (χ1v) is 7.92. The third-order valence-corrected chi connectivity index (χ3v) is 5.96. The molecule has 18 heavy (non-hydrogen) atoms. The molecule has 2 saturated carbocycles. The molecule has 0 heterocycles. The molecule has 0 nitrogen and oxygen atoms in total. The van der Waals surface area contributed by atoms with Crippen molar-refractivity contribution in [2.45, 2.75) is 44.4 Å². The van der Waals surface area contributed by atoms with Crippen molar-refractivity contribution in [2.75, 3.05) is 0 Å². The number of hydrogen-bond donors (Lipinski definition) is 0. The summed E-state index contributed by atoms with van der Waals surface area (Å²) in [5.41, 5.74) is 3.52. The molecule has 2 fully saturated rings. The van der Waals surface area contributed by atoms with E-state index in [0.29, 0.717) is 4.83 Å². The van der Waals surface area contributed by atoms with Crippen molar-refractivity contribution < 1.29 is 4.39 Å². The molecule has 0 aliphatic heterocycles. The summed E-state index contributed by atoms with van der Waals surface area (Å²) < 4.78 is 13.4. The van der Waals surface area contributed by atoms with E-state index < -0.39 is 0 Å². The van der Waals surface area contributed by atoms with Gasteiger partial charge in [0.25, 0.3) is 0 Å². The maximum atomic E-state index is 13.4. The van der Waals surface area contributed by atoms with E-state index in [1.54, 1.807) is 12.1 Å². The Morgan fingerprint density at radius 1 is 1.11 bits per heavy atom. The van der Waals surface area contributed by atoms with Crippen LogP contribution < -0.4 is 0 Å². The fourth-order valence-electron chi connectivity index (χ4n) is 4.03. The van der Waals surface area contributed by atoms with Crippen LogP contribution in [0.3, 0.4) is 0 Å². The van der Waals surface area contributed by atoms with Crippen molar-refractivity contribution in [1.82, 2.24) is 0 Å². The first kappa shape index (κ1) is 12.7. The van der Waals surface area contributed by atoms with Crippen LogP contribution in [0.1, 0.15) is 47.2 Å². The summed E-state index contributed by atoms with van der Waals surface area (Å²) in [6.07, 6.45) is 5.60. The number of benzene rings is 1. The Labute approximate surface area is 117 Å². The van der Waals surface area contributed by atoms with E-state index in [1.165, 1.54) is 31.2 Å². The predicted molar refractivity (Wildman–Crippen MR) is 76.5 cm³/mol. The van der Waals surface area contributed by atoms with Gasteiger partial charge in [-0.25, -0.2) is 4.39 Å². The van der Waals surface area contributed by atoms with Crippen LogP contribution >= 0.6 is 15.9 Å². The fraction of sp³-hybridized carbons (Fsp3) is 0.625. The standard InChI is InChI=1S/C16H20BrF/c1-9-7-11(18)8-10(2)14(9)16(17)15-12-5-3-4-6-13(12)15/h7-8,12-13,15-16H,3-6H2,1-2H3. The van der Waals surface area contributed by atoms with Gasteiger partial charge in [0, 0.05) is 4.83 Å². The average molecular weight is 311 g/mol. The van der Waals surface area contributed by atoms with Gasteiger partial charge >= 0.3 is 0 Å². The summed E-state index contributed by atoms with van der Waals surface area (Å²) in [6.45, 7) is 4.07. The van der Waals surface area contributed by atoms with E-state index in [9.17, 15) is 4.39 Å². The first-order valence-electron chi connectivity index (χ1n) is 7.00. The zero-order chi connectivity index (χ0) is 12.9. The van der Waals surface area contributed by atoms with Crippen molar-refractivity contribution in [3.05, 3.63) is 34.6 Å². The molecule has 2 aliphatic carbocycles. The molecule has 0 radical (unpaired) electrons. The molecule has 3 rings (SSSR count). The second kappa shape index (κ2) is 4.63. The molecule has 1 aromatic rings. The van der Waals surface area contributed by atoms with Crippen LogP contribution in [0, 0.1) is 37.4 Å². The highest BCUT2D eigenvalue weighted by Gasteiger charge is 2.54. The fourth-order valence-corrected chi connectivity index (χ4v) is 5.54. The second-order valence-corrected chi connectivity index (χ2v) is 7.03. The van der Waals surface area contributed by atoms with Gasteiger partial charge in [-0.1, -0.05) is 28.8 Å². The second-order valence-electron chi connectivity index (χ2n) is 6.04. The quantitative estimate of drug-likeness (QED) is 0.649. The summed E-state index contributed by atoms with van der Waals surface area (Å²) in [7, 11) is 0.